The van der Waals surface area contributed by atoms with Crippen LogP contribution in [0.3, 0.4) is 0 Å². The van der Waals surface area contributed by atoms with Crippen molar-refractivity contribution in [2.24, 2.45) is 0 Å². The Morgan fingerprint density at radius 2 is 2.05 bits per heavy atom. The van der Waals surface area contributed by atoms with E-state index < -0.39 is 21.1 Å². The van der Waals surface area contributed by atoms with E-state index >= 15 is 0 Å². The molecule has 9 heteroatoms. The van der Waals surface area contributed by atoms with Crippen LogP contribution in [0.4, 0.5) is 5.69 Å². The number of nitro benzene ring substituents is 1. The van der Waals surface area contributed by atoms with Crippen molar-refractivity contribution in [1.29, 1.82) is 0 Å². The molecule has 20 heavy (non-hydrogen) atoms. The van der Waals surface area contributed by atoms with Gasteiger partial charge in [0.05, 0.1) is 20.9 Å². The average molecular weight is 321 g/mol. The minimum atomic E-state index is -3.89. The van der Waals surface area contributed by atoms with E-state index in [-0.39, 0.29) is 27.2 Å². The molecule has 0 atom stereocenters. The van der Waals surface area contributed by atoms with E-state index in [0.29, 0.717) is 12.8 Å². The second-order valence-corrected chi connectivity index (χ2v) is 6.87. The zero-order valence-electron chi connectivity index (χ0n) is 10.5. The second kappa shape index (κ2) is 5.28. The maximum absolute atomic E-state index is 12.1. The fraction of sp³-hybridized carbons (Fsp3) is 0.455. The van der Waals surface area contributed by atoms with Crippen LogP contribution < -0.4 is 4.72 Å². The molecule has 1 fully saturated rings. The third kappa shape index (κ3) is 2.93. The SMILES string of the molecule is Cc1c(Cl)cc(S(=O)(=O)NC2CC(O)C2)cc1[N+](=O)[O-]. The lowest BCUT2D eigenvalue weighted by Gasteiger charge is -2.31. The maximum Gasteiger partial charge on any atom is 0.275 e. The minimum Gasteiger partial charge on any atom is -0.393 e. The summed E-state index contributed by atoms with van der Waals surface area (Å²) in [7, 11) is -3.89. The summed E-state index contributed by atoms with van der Waals surface area (Å²) in [5.74, 6) is 0. The Labute approximate surface area is 120 Å². The summed E-state index contributed by atoms with van der Waals surface area (Å²) >= 11 is 5.84. The maximum atomic E-state index is 12.1. The van der Waals surface area contributed by atoms with Gasteiger partial charge in [0.1, 0.15) is 0 Å². The summed E-state index contributed by atoms with van der Waals surface area (Å²) in [6.07, 6.45) is 0.167. The van der Waals surface area contributed by atoms with Crippen LogP contribution in [-0.2, 0) is 10.0 Å². The van der Waals surface area contributed by atoms with E-state index in [2.05, 4.69) is 4.72 Å². The molecule has 1 aromatic carbocycles. The molecule has 0 bridgehead atoms. The molecule has 1 saturated carbocycles. The smallest absolute Gasteiger partial charge is 0.275 e. The first kappa shape index (κ1) is 15.2. The van der Waals surface area contributed by atoms with Gasteiger partial charge in [-0.3, -0.25) is 10.1 Å². The van der Waals surface area contributed by atoms with Crippen molar-refractivity contribution in [3.8, 4) is 0 Å². The molecule has 110 valence electrons. The van der Waals surface area contributed by atoms with Crippen LogP contribution in [0.5, 0.6) is 0 Å². The highest BCUT2D eigenvalue weighted by Crippen LogP contribution is 2.30. The molecule has 0 radical (unpaired) electrons. The van der Waals surface area contributed by atoms with Gasteiger partial charge in [0.25, 0.3) is 5.69 Å². The van der Waals surface area contributed by atoms with Crippen molar-refractivity contribution in [3.63, 3.8) is 0 Å². The van der Waals surface area contributed by atoms with Crippen LogP contribution in [0.1, 0.15) is 18.4 Å². The van der Waals surface area contributed by atoms with Gasteiger partial charge in [-0.2, -0.15) is 0 Å². The first-order valence-electron chi connectivity index (χ1n) is 5.85. The number of hydrogen-bond acceptors (Lipinski definition) is 5. The molecule has 1 aromatic rings. The molecule has 2 N–H and O–H groups in total. The molecule has 0 unspecified atom stereocenters. The van der Waals surface area contributed by atoms with Crippen molar-refractivity contribution in [1.82, 2.24) is 4.72 Å². The summed E-state index contributed by atoms with van der Waals surface area (Å²) in [6.45, 7) is 1.45. The highest BCUT2D eigenvalue weighted by Gasteiger charge is 2.32. The van der Waals surface area contributed by atoms with Gasteiger partial charge >= 0.3 is 0 Å². The molecule has 0 aliphatic heterocycles. The van der Waals surface area contributed by atoms with E-state index in [4.69, 9.17) is 16.7 Å². The number of nitro groups is 1. The highest BCUT2D eigenvalue weighted by atomic mass is 35.5. The molecule has 1 aliphatic rings. The van der Waals surface area contributed by atoms with Gasteiger partial charge in [-0.25, -0.2) is 13.1 Å². The Bertz CT molecular complexity index is 655. The van der Waals surface area contributed by atoms with Crippen molar-refractivity contribution >= 4 is 27.3 Å². The van der Waals surface area contributed by atoms with Gasteiger partial charge in [0.2, 0.25) is 10.0 Å². The van der Waals surface area contributed by atoms with Crippen molar-refractivity contribution < 1.29 is 18.4 Å². The Kier molecular flexibility index (Phi) is 4.01. The van der Waals surface area contributed by atoms with Crippen molar-refractivity contribution in [2.75, 3.05) is 0 Å². The number of aliphatic hydroxyl groups is 1. The predicted octanol–water partition coefficient (Wildman–Crippen LogP) is 1.36. The first-order valence-corrected chi connectivity index (χ1v) is 7.72. The third-order valence-electron chi connectivity index (χ3n) is 3.23. The molecule has 0 amide bonds. The summed E-state index contributed by atoms with van der Waals surface area (Å²) in [4.78, 5) is 9.96. The van der Waals surface area contributed by atoms with Gasteiger partial charge in [-0.1, -0.05) is 11.6 Å². The molecule has 7 nitrogen and oxygen atoms in total. The van der Waals surface area contributed by atoms with E-state index in [0.717, 1.165) is 6.07 Å². The summed E-state index contributed by atoms with van der Waals surface area (Å²) in [5.41, 5.74) is -0.124. The number of rotatable bonds is 4. The number of nitrogens with zero attached hydrogens (tertiary/aromatic N) is 1. The van der Waals surface area contributed by atoms with E-state index in [1.54, 1.807) is 0 Å². The second-order valence-electron chi connectivity index (χ2n) is 4.75. The van der Waals surface area contributed by atoms with Gasteiger partial charge in [-0.05, 0) is 25.8 Å². The number of sulfonamides is 1. The fourth-order valence-corrected chi connectivity index (χ4v) is 3.54. The molecule has 0 spiro atoms. The molecular formula is C11H13ClN2O5S. The van der Waals surface area contributed by atoms with Crippen LogP contribution in [0.25, 0.3) is 0 Å². The van der Waals surface area contributed by atoms with Crippen molar-refractivity contribution in [2.45, 2.75) is 36.8 Å². The topological polar surface area (TPSA) is 110 Å². The average Bonchev–Trinajstić information content (AvgIpc) is 2.29. The van der Waals surface area contributed by atoms with Crippen LogP contribution in [0.15, 0.2) is 17.0 Å². The molecule has 1 aliphatic carbocycles. The fourth-order valence-electron chi connectivity index (χ4n) is 1.96. The van der Waals surface area contributed by atoms with E-state index in [1.165, 1.54) is 13.0 Å². The van der Waals surface area contributed by atoms with Gasteiger partial charge in [-0.15, -0.1) is 0 Å². The molecule has 0 saturated heterocycles. The van der Waals surface area contributed by atoms with Crippen LogP contribution >= 0.6 is 11.6 Å². The van der Waals surface area contributed by atoms with E-state index in [9.17, 15) is 18.5 Å². The van der Waals surface area contributed by atoms with Crippen molar-refractivity contribution in [3.05, 3.63) is 32.8 Å². The number of benzene rings is 1. The van der Waals surface area contributed by atoms with Crippen LogP contribution in [0.2, 0.25) is 5.02 Å². The third-order valence-corrected chi connectivity index (χ3v) is 5.12. The number of hydrogen-bond donors (Lipinski definition) is 2. The van der Waals surface area contributed by atoms with Crippen LogP contribution in [0, 0.1) is 17.0 Å². The standard InChI is InChI=1S/C11H13ClN2O5S/c1-6-10(12)4-9(5-11(6)14(16)17)20(18,19)13-7-2-8(15)3-7/h4-5,7-8,13,15H,2-3H2,1H3. The summed E-state index contributed by atoms with van der Waals surface area (Å²) in [6, 6.07) is 1.81. The van der Waals surface area contributed by atoms with E-state index in [1.807, 2.05) is 0 Å². The lowest BCUT2D eigenvalue weighted by molar-refractivity contribution is -0.385. The highest BCUT2D eigenvalue weighted by molar-refractivity contribution is 7.89. The Morgan fingerprint density at radius 1 is 1.45 bits per heavy atom. The van der Waals surface area contributed by atoms with Crippen LogP contribution in [-0.4, -0.2) is 30.6 Å². The number of nitrogens with one attached hydrogen (secondary N) is 1. The Morgan fingerprint density at radius 3 is 2.55 bits per heavy atom. The lowest BCUT2D eigenvalue weighted by Crippen LogP contribution is -2.46. The minimum absolute atomic E-state index is 0.0215. The molecule has 0 aromatic heterocycles. The summed E-state index contributed by atoms with van der Waals surface area (Å²) < 4.78 is 26.6. The first-order chi connectivity index (χ1) is 9.20. The summed E-state index contributed by atoms with van der Waals surface area (Å²) in [5, 5.41) is 20.0. The number of aliphatic hydroxyl groups excluding tert-OH is 1. The Balaban J connectivity index is 2.34. The van der Waals surface area contributed by atoms with Gasteiger partial charge in [0, 0.05) is 17.7 Å². The van der Waals surface area contributed by atoms with Gasteiger partial charge in [0.15, 0.2) is 0 Å². The Hall–Kier alpha value is -1.22. The predicted molar refractivity (Wildman–Crippen MR) is 72.2 cm³/mol. The largest absolute Gasteiger partial charge is 0.393 e. The zero-order valence-corrected chi connectivity index (χ0v) is 12.1. The molecular weight excluding hydrogens is 308 g/mol. The molecule has 0 heterocycles. The molecule has 2 rings (SSSR count). The number of halogens is 1. The van der Waals surface area contributed by atoms with Gasteiger partial charge < -0.3 is 5.11 Å². The monoisotopic (exact) mass is 320 g/mol. The zero-order chi connectivity index (χ0) is 15.1. The quantitative estimate of drug-likeness (QED) is 0.643. The normalized spacial score (nSPS) is 22.4. The lowest BCUT2D eigenvalue weighted by atomic mass is 9.91.